The van der Waals surface area contributed by atoms with Crippen molar-refractivity contribution >= 4 is 17.3 Å². The zero-order valence-electron chi connectivity index (χ0n) is 15.4. The summed E-state index contributed by atoms with van der Waals surface area (Å²) in [6.07, 6.45) is 1.76. The maximum atomic E-state index is 13.9. The largest absolute Gasteiger partial charge is 0.367 e. The van der Waals surface area contributed by atoms with Gasteiger partial charge in [0.05, 0.1) is 17.6 Å². The molecule has 1 aliphatic rings. The lowest BCUT2D eigenvalue weighted by molar-refractivity contribution is 0.0767. The summed E-state index contributed by atoms with van der Waals surface area (Å²) in [4.78, 5) is 22.7. The normalized spacial score (nSPS) is 14.4. The summed E-state index contributed by atoms with van der Waals surface area (Å²) in [5.41, 5.74) is 2.13. The molecule has 3 rings (SSSR count). The number of aromatic nitrogens is 1. The predicted molar refractivity (Wildman–Crippen MR) is 102 cm³/mol. The molecule has 2 heterocycles. The van der Waals surface area contributed by atoms with E-state index in [1.807, 2.05) is 32.0 Å². The summed E-state index contributed by atoms with van der Waals surface area (Å²) in [5, 5.41) is 0. The molecule has 0 N–H and O–H groups in total. The Hall–Kier alpha value is -2.63. The number of pyridine rings is 1. The molecule has 138 valence electrons. The van der Waals surface area contributed by atoms with E-state index >= 15 is 0 Å². The zero-order chi connectivity index (χ0) is 18.5. The lowest BCUT2D eigenvalue weighted by Crippen LogP contribution is -2.46. The molecule has 1 saturated heterocycles. The average Bonchev–Trinajstić information content (AvgIpc) is 2.69. The highest BCUT2D eigenvalue weighted by molar-refractivity contribution is 5.92. The summed E-state index contributed by atoms with van der Waals surface area (Å²) in [6, 6.07) is 10.6. The van der Waals surface area contributed by atoms with E-state index in [0.29, 0.717) is 24.5 Å². The van der Waals surface area contributed by atoms with E-state index in [1.54, 1.807) is 23.2 Å². The number of rotatable bonds is 5. The molecule has 1 aliphatic heterocycles. The first kappa shape index (κ1) is 18.2. The van der Waals surface area contributed by atoms with Crippen molar-refractivity contribution in [3.05, 3.63) is 54.1 Å². The van der Waals surface area contributed by atoms with E-state index in [9.17, 15) is 9.18 Å². The maximum absolute atomic E-state index is 13.9. The molecule has 0 atom stereocenters. The smallest absolute Gasteiger partial charge is 0.272 e. The fourth-order valence-electron chi connectivity index (χ4n) is 3.29. The van der Waals surface area contributed by atoms with Crippen LogP contribution >= 0.6 is 0 Å². The first-order valence-electron chi connectivity index (χ1n) is 9.13. The molecule has 0 saturated carbocycles. The SMILES string of the molecule is CCN(CC)C(=O)c1ccc(N2CCN(c3ccccc3F)CC2)cn1. The van der Waals surface area contributed by atoms with Crippen molar-refractivity contribution in [3.8, 4) is 0 Å². The van der Waals surface area contributed by atoms with Crippen molar-refractivity contribution in [1.82, 2.24) is 9.88 Å². The van der Waals surface area contributed by atoms with Gasteiger partial charge in [0.1, 0.15) is 11.5 Å². The van der Waals surface area contributed by atoms with Crippen molar-refractivity contribution in [1.29, 1.82) is 0 Å². The number of amides is 1. The van der Waals surface area contributed by atoms with E-state index in [0.717, 1.165) is 31.9 Å². The van der Waals surface area contributed by atoms with Gasteiger partial charge in [-0.05, 0) is 38.1 Å². The van der Waals surface area contributed by atoms with Crippen LogP contribution in [0, 0.1) is 5.82 Å². The molecule has 5 nitrogen and oxygen atoms in total. The van der Waals surface area contributed by atoms with Gasteiger partial charge in [0.2, 0.25) is 0 Å². The standard InChI is InChI=1S/C20H25FN4O/c1-3-23(4-2)20(26)18-10-9-16(15-22-18)24-11-13-25(14-12-24)19-8-6-5-7-17(19)21/h5-10,15H,3-4,11-14H2,1-2H3. The molecule has 1 aromatic heterocycles. The summed E-state index contributed by atoms with van der Waals surface area (Å²) in [6.45, 7) is 8.37. The van der Waals surface area contributed by atoms with Gasteiger partial charge in [0, 0.05) is 39.3 Å². The molecule has 2 aromatic rings. The van der Waals surface area contributed by atoms with Gasteiger partial charge in [-0.2, -0.15) is 0 Å². The van der Waals surface area contributed by atoms with Crippen molar-refractivity contribution in [3.63, 3.8) is 0 Å². The summed E-state index contributed by atoms with van der Waals surface area (Å²) in [5.74, 6) is -0.215. The monoisotopic (exact) mass is 356 g/mol. The molecule has 1 aromatic carbocycles. The Morgan fingerprint density at radius 1 is 1.04 bits per heavy atom. The summed E-state index contributed by atoms with van der Waals surface area (Å²) >= 11 is 0. The zero-order valence-corrected chi connectivity index (χ0v) is 15.4. The van der Waals surface area contributed by atoms with Gasteiger partial charge in [-0.25, -0.2) is 9.37 Å². The van der Waals surface area contributed by atoms with Crippen molar-refractivity contribution in [2.75, 3.05) is 49.1 Å². The van der Waals surface area contributed by atoms with Crippen LogP contribution in [0.15, 0.2) is 42.6 Å². The number of hydrogen-bond donors (Lipinski definition) is 0. The highest BCUT2D eigenvalue weighted by Crippen LogP contribution is 2.22. The third-order valence-electron chi connectivity index (χ3n) is 4.86. The van der Waals surface area contributed by atoms with Crippen LogP contribution in [0.1, 0.15) is 24.3 Å². The Morgan fingerprint density at radius 3 is 2.27 bits per heavy atom. The van der Waals surface area contributed by atoms with Gasteiger partial charge in [-0.1, -0.05) is 12.1 Å². The summed E-state index contributed by atoms with van der Waals surface area (Å²) < 4.78 is 13.9. The molecule has 1 amide bonds. The van der Waals surface area contributed by atoms with E-state index in [2.05, 4.69) is 14.8 Å². The molecule has 26 heavy (non-hydrogen) atoms. The third kappa shape index (κ3) is 3.79. The highest BCUT2D eigenvalue weighted by atomic mass is 19.1. The number of para-hydroxylation sites is 1. The lowest BCUT2D eigenvalue weighted by Gasteiger charge is -2.37. The first-order valence-corrected chi connectivity index (χ1v) is 9.13. The van der Waals surface area contributed by atoms with Crippen LogP contribution in [0.2, 0.25) is 0 Å². The minimum absolute atomic E-state index is 0.0362. The van der Waals surface area contributed by atoms with Crippen molar-refractivity contribution in [2.24, 2.45) is 0 Å². The van der Waals surface area contributed by atoms with Crippen LogP contribution in [-0.2, 0) is 0 Å². The molecule has 0 unspecified atom stereocenters. The van der Waals surface area contributed by atoms with Gasteiger partial charge in [-0.15, -0.1) is 0 Å². The van der Waals surface area contributed by atoms with Crippen LogP contribution < -0.4 is 9.80 Å². The van der Waals surface area contributed by atoms with Crippen molar-refractivity contribution in [2.45, 2.75) is 13.8 Å². The number of halogens is 1. The topological polar surface area (TPSA) is 39.7 Å². The highest BCUT2D eigenvalue weighted by Gasteiger charge is 2.20. The Labute approximate surface area is 154 Å². The predicted octanol–water partition coefficient (Wildman–Crippen LogP) is 3.03. The van der Waals surface area contributed by atoms with Crippen LogP contribution in [0.5, 0.6) is 0 Å². The molecule has 6 heteroatoms. The fourth-order valence-corrected chi connectivity index (χ4v) is 3.29. The second-order valence-electron chi connectivity index (χ2n) is 6.30. The van der Waals surface area contributed by atoms with Gasteiger partial charge >= 0.3 is 0 Å². The van der Waals surface area contributed by atoms with Crippen LogP contribution in [-0.4, -0.2) is 55.1 Å². The van der Waals surface area contributed by atoms with Gasteiger partial charge in [-0.3, -0.25) is 4.79 Å². The Balaban J connectivity index is 1.63. The number of carbonyl (C=O) groups is 1. The third-order valence-corrected chi connectivity index (χ3v) is 4.86. The molecule has 0 radical (unpaired) electrons. The fraction of sp³-hybridized carbons (Fsp3) is 0.400. The van der Waals surface area contributed by atoms with Crippen LogP contribution in [0.4, 0.5) is 15.8 Å². The molecule has 1 fully saturated rings. The molecule has 0 aliphatic carbocycles. The number of benzene rings is 1. The van der Waals surface area contributed by atoms with Gasteiger partial charge in [0.15, 0.2) is 0 Å². The summed E-state index contributed by atoms with van der Waals surface area (Å²) in [7, 11) is 0. The molecular formula is C20H25FN4O. The number of hydrogen-bond acceptors (Lipinski definition) is 4. The molecule has 0 spiro atoms. The van der Waals surface area contributed by atoms with E-state index in [-0.39, 0.29) is 11.7 Å². The first-order chi connectivity index (χ1) is 12.6. The van der Waals surface area contributed by atoms with Crippen molar-refractivity contribution < 1.29 is 9.18 Å². The van der Waals surface area contributed by atoms with Crippen LogP contribution in [0.25, 0.3) is 0 Å². The lowest BCUT2D eigenvalue weighted by atomic mass is 10.2. The Kier molecular flexibility index (Phi) is 5.71. The second kappa shape index (κ2) is 8.17. The minimum Gasteiger partial charge on any atom is -0.367 e. The minimum atomic E-state index is -0.179. The molecular weight excluding hydrogens is 331 g/mol. The van der Waals surface area contributed by atoms with E-state index in [1.165, 1.54) is 6.07 Å². The maximum Gasteiger partial charge on any atom is 0.272 e. The second-order valence-corrected chi connectivity index (χ2v) is 6.30. The number of anilines is 2. The average molecular weight is 356 g/mol. The number of carbonyl (C=O) groups excluding carboxylic acids is 1. The quantitative estimate of drug-likeness (QED) is 0.826. The molecule has 0 bridgehead atoms. The van der Waals surface area contributed by atoms with E-state index < -0.39 is 0 Å². The Morgan fingerprint density at radius 2 is 1.69 bits per heavy atom. The number of nitrogens with zero attached hydrogens (tertiary/aromatic N) is 4. The van der Waals surface area contributed by atoms with Gasteiger partial charge < -0.3 is 14.7 Å². The number of piperazine rings is 1. The van der Waals surface area contributed by atoms with Crippen LogP contribution in [0.3, 0.4) is 0 Å². The van der Waals surface area contributed by atoms with E-state index in [4.69, 9.17) is 0 Å². The van der Waals surface area contributed by atoms with Gasteiger partial charge in [0.25, 0.3) is 5.91 Å². The Bertz CT molecular complexity index is 738.